The molecule has 2 aromatic rings. The van der Waals surface area contributed by atoms with Crippen molar-refractivity contribution in [2.75, 3.05) is 6.61 Å². The van der Waals surface area contributed by atoms with Gasteiger partial charge in [0, 0.05) is 5.56 Å². The van der Waals surface area contributed by atoms with Gasteiger partial charge in [0.15, 0.2) is 5.78 Å². The van der Waals surface area contributed by atoms with Crippen LogP contribution < -0.4 is 4.74 Å². The van der Waals surface area contributed by atoms with Gasteiger partial charge in [0.2, 0.25) is 0 Å². The maximum absolute atomic E-state index is 11.4. The van der Waals surface area contributed by atoms with Crippen LogP contribution in [0.1, 0.15) is 66.2 Å². The van der Waals surface area contributed by atoms with Crippen LogP contribution in [0.4, 0.5) is 0 Å². The van der Waals surface area contributed by atoms with Gasteiger partial charge in [-0.25, -0.2) is 0 Å². The van der Waals surface area contributed by atoms with Crippen LogP contribution in [0.25, 0.3) is 5.57 Å². The maximum atomic E-state index is 11.4. The molecule has 0 aliphatic rings. The molecule has 126 valence electrons. The molecule has 0 heterocycles. The molecule has 0 saturated carbocycles. The minimum absolute atomic E-state index is 0.0755. The average Bonchev–Trinajstić information content (AvgIpc) is 2.54. The molecule has 0 spiro atoms. The Morgan fingerprint density at radius 3 is 2.21 bits per heavy atom. The van der Waals surface area contributed by atoms with Crippen molar-refractivity contribution >= 4 is 11.4 Å². The molecular formula is C22H26O2. The molecule has 0 aromatic heterocycles. The fraction of sp³-hybridized carbons (Fsp3) is 0.318. The van der Waals surface area contributed by atoms with Crippen LogP contribution in [0.2, 0.25) is 0 Å². The second kappa shape index (κ2) is 7.48. The lowest BCUT2D eigenvalue weighted by Crippen LogP contribution is -2.02. The zero-order valence-corrected chi connectivity index (χ0v) is 15.3. The molecule has 0 unspecified atom stereocenters. The van der Waals surface area contributed by atoms with Crippen LogP contribution >= 0.6 is 0 Å². The van der Waals surface area contributed by atoms with Crippen LogP contribution in [0.5, 0.6) is 5.75 Å². The van der Waals surface area contributed by atoms with Crippen molar-refractivity contribution < 1.29 is 9.53 Å². The van der Waals surface area contributed by atoms with E-state index >= 15 is 0 Å². The first-order valence-corrected chi connectivity index (χ1v) is 8.43. The number of ketones is 1. The van der Waals surface area contributed by atoms with Gasteiger partial charge in [0.1, 0.15) is 5.75 Å². The fourth-order valence-corrected chi connectivity index (χ4v) is 2.82. The van der Waals surface area contributed by atoms with E-state index in [1.54, 1.807) is 6.92 Å². The number of hydrogen-bond donors (Lipinski definition) is 0. The van der Waals surface area contributed by atoms with Crippen molar-refractivity contribution in [1.29, 1.82) is 0 Å². The van der Waals surface area contributed by atoms with Gasteiger partial charge in [0.25, 0.3) is 0 Å². The third-order valence-corrected chi connectivity index (χ3v) is 4.24. The topological polar surface area (TPSA) is 26.3 Å². The van der Waals surface area contributed by atoms with E-state index < -0.39 is 0 Å². The molecule has 24 heavy (non-hydrogen) atoms. The summed E-state index contributed by atoms with van der Waals surface area (Å²) in [7, 11) is 0. The Bertz CT molecular complexity index is 752. The van der Waals surface area contributed by atoms with Crippen LogP contribution in [-0.4, -0.2) is 12.4 Å². The molecule has 2 heteroatoms. The Labute approximate surface area is 145 Å². The zero-order valence-electron chi connectivity index (χ0n) is 15.3. The molecular weight excluding hydrogens is 296 g/mol. The Morgan fingerprint density at radius 2 is 1.71 bits per heavy atom. The number of rotatable bonds is 6. The lowest BCUT2D eigenvalue weighted by Gasteiger charge is -2.18. The van der Waals surface area contributed by atoms with Gasteiger partial charge in [-0.3, -0.25) is 4.79 Å². The molecule has 0 bridgehead atoms. The highest BCUT2D eigenvalue weighted by molar-refractivity contribution is 5.94. The Hall–Kier alpha value is -2.35. The smallest absolute Gasteiger partial charge is 0.159 e. The van der Waals surface area contributed by atoms with Gasteiger partial charge in [0.05, 0.1) is 6.61 Å². The lowest BCUT2D eigenvalue weighted by molar-refractivity contribution is 0.101. The lowest BCUT2D eigenvalue weighted by atomic mass is 9.90. The first kappa shape index (κ1) is 18.0. The summed E-state index contributed by atoms with van der Waals surface area (Å²) in [6, 6.07) is 11.9. The molecule has 2 rings (SSSR count). The van der Waals surface area contributed by atoms with E-state index in [0.29, 0.717) is 12.5 Å². The maximum Gasteiger partial charge on any atom is 0.159 e. The SMILES string of the molecule is C=C(c1ccc(C(C)=O)cc1)c1cc(C(C)C)c(OCC)cc1C. The van der Waals surface area contributed by atoms with Crippen molar-refractivity contribution in [3.05, 3.63) is 70.8 Å². The number of aryl methyl sites for hydroxylation is 1. The van der Waals surface area contributed by atoms with Gasteiger partial charge >= 0.3 is 0 Å². The Kier molecular flexibility index (Phi) is 5.61. The molecule has 2 aromatic carbocycles. The normalized spacial score (nSPS) is 10.8. The summed E-state index contributed by atoms with van der Waals surface area (Å²) >= 11 is 0. The molecule has 0 N–H and O–H groups in total. The quantitative estimate of drug-likeness (QED) is 0.630. The van der Waals surface area contributed by atoms with Crippen molar-refractivity contribution in [2.24, 2.45) is 0 Å². The summed E-state index contributed by atoms with van der Waals surface area (Å²) in [5.41, 5.74) is 6.17. The second-order valence-corrected chi connectivity index (χ2v) is 6.40. The number of carbonyl (C=O) groups is 1. The van der Waals surface area contributed by atoms with E-state index in [4.69, 9.17) is 4.74 Å². The molecule has 2 nitrogen and oxygen atoms in total. The van der Waals surface area contributed by atoms with Gasteiger partial charge in [-0.15, -0.1) is 0 Å². The Balaban J connectivity index is 2.45. The summed E-state index contributed by atoms with van der Waals surface area (Å²) in [6.07, 6.45) is 0. The van der Waals surface area contributed by atoms with E-state index in [9.17, 15) is 4.79 Å². The number of Topliss-reactive ketones (excluding diaryl/α,β-unsaturated/α-hetero) is 1. The van der Waals surface area contributed by atoms with Crippen molar-refractivity contribution in [2.45, 2.75) is 40.5 Å². The summed E-state index contributed by atoms with van der Waals surface area (Å²) in [5, 5.41) is 0. The number of ether oxygens (including phenoxy) is 1. The molecule has 0 aliphatic carbocycles. The highest BCUT2D eigenvalue weighted by Crippen LogP contribution is 2.34. The third-order valence-electron chi connectivity index (χ3n) is 4.24. The van der Waals surface area contributed by atoms with Gasteiger partial charge in [-0.1, -0.05) is 44.7 Å². The number of carbonyl (C=O) groups excluding carboxylic acids is 1. The largest absolute Gasteiger partial charge is 0.494 e. The standard InChI is InChI=1S/C22H26O2/c1-7-24-22-12-15(4)21(13-20(22)14(2)3)16(5)18-8-10-19(11-9-18)17(6)23/h8-14H,5,7H2,1-4,6H3. The minimum Gasteiger partial charge on any atom is -0.494 e. The Morgan fingerprint density at radius 1 is 1.12 bits per heavy atom. The van der Waals surface area contributed by atoms with Crippen molar-refractivity contribution in [3.8, 4) is 5.75 Å². The number of benzene rings is 2. The van der Waals surface area contributed by atoms with E-state index in [1.165, 1.54) is 5.56 Å². The highest BCUT2D eigenvalue weighted by atomic mass is 16.5. The second-order valence-electron chi connectivity index (χ2n) is 6.40. The predicted molar refractivity (Wildman–Crippen MR) is 101 cm³/mol. The molecule has 0 saturated heterocycles. The number of hydrogen-bond acceptors (Lipinski definition) is 2. The molecule has 0 aliphatic heterocycles. The summed E-state index contributed by atoms with van der Waals surface area (Å²) in [6.45, 7) is 14.9. The average molecular weight is 322 g/mol. The first-order valence-electron chi connectivity index (χ1n) is 8.43. The zero-order chi connectivity index (χ0) is 17.9. The van der Waals surface area contributed by atoms with Crippen LogP contribution in [-0.2, 0) is 0 Å². The van der Waals surface area contributed by atoms with E-state index in [2.05, 4.69) is 39.5 Å². The molecule has 0 amide bonds. The van der Waals surface area contributed by atoms with Crippen molar-refractivity contribution in [1.82, 2.24) is 0 Å². The van der Waals surface area contributed by atoms with Gasteiger partial charge < -0.3 is 4.74 Å². The summed E-state index contributed by atoms with van der Waals surface area (Å²) in [5.74, 6) is 1.40. The third kappa shape index (κ3) is 3.76. The van der Waals surface area contributed by atoms with E-state index in [0.717, 1.165) is 33.6 Å². The highest BCUT2D eigenvalue weighted by Gasteiger charge is 2.14. The molecule has 0 fully saturated rings. The van der Waals surface area contributed by atoms with E-state index in [-0.39, 0.29) is 5.78 Å². The molecule has 0 atom stereocenters. The summed E-state index contributed by atoms with van der Waals surface area (Å²) in [4.78, 5) is 11.4. The van der Waals surface area contributed by atoms with Crippen LogP contribution in [0, 0.1) is 6.92 Å². The fourth-order valence-electron chi connectivity index (χ4n) is 2.82. The summed E-state index contributed by atoms with van der Waals surface area (Å²) < 4.78 is 5.79. The predicted octanol–water partition coefficient (Wildman–Crippen LogP) is 5.78. The first-order chi connectivity index (χ1) is 11.3. The van der Waals surface area contributed by atoms with Gasteiger partial charge in [-0.05, 0) is 66.6 Å². The van der Waals surface area contributed by atoms with E-state index in [1.807, 2.05) is 31.2 Å². The minimum atomic E-state index is 0.0755. The van der Waals surface area contributed by atoms with Crippen LogP contribution in [0.15, 0.2) is 43.0 Å². The monoisotopic (exact) mass is 322 g/mol. The van der Waals surface area contributed by atoms with Crippen LogP contribution in [0.3, 0.4) is 0 Å². The van der Waals surface area contributed by atoms with Gasteiger partial charge in [-0.2, -0.15) is 0 Å². The van der Waals surface area contributed by atoms with Crippen molar-refractivity contribution in [3.63, 3.8) is 0 Å². The molecule has 0 radical (unpaired) electrons.